The minimum absolute atomic E-state index is 0.348. The molecule has 2 aromatic heterocycles. The second-order valence-electron chi connectivity index (χ2n) is 2.05. The zero-order valence-corrected chi connectivity index (χ0v) is 5.48. The number of hydrogen-bond acceptors (Lipinski definition) is 4. The minimum Gasteiger partial charge on any atom is -0.344 e. The summed E-state index contributed by atoms with van der Waals surface area (Å²) in [6.45, 7) is 0. The molecule has 0 aliphatic rings. The van der Waals surface area contributed by atoms with Crippen molar-refractivity contribution in [3.63, 3.8) is 0 Å². The summed E-state index contributed by atoms with van der Waals surface area (Å²) in [6, 6.07) is 0. The van der Waals surface area contributed by atoms with Crippen molar-refractivity contribution < 1.29 is 0 Å². The molecule has 0 aliphatic carbocycles. The van der Waals surface area contributed by atoms with Crippen molar-refractivity contribution in [2.24, 2.45) is 5.18 Å². The zero-order chi connectivity index (χ0) is 7.68. The van der Waals surface area contributed by atoms with Crippen molar-refractivity contribution in [1.82, 2.24) is 15.0 Å². The highest BCUT2D eigenvalue weighted by atomic mass is 16.3. The van der Waals surface area contributed by atoms with E-state index in [0.29, 0.717) is 16.7 Å². The molecule has 0 aromatic carbocycles. The van der Waals surface area contributed by atoms with E-state index in [2.05, 4.69) is 20.1 Å². The van der Waals surface area contributed by atoms with E-state index in [1.807, 2.05) is 0 Å². The first-order valence-electron chi connectivity index (χ1n) is 3.02. The minimum atomic E-state index is 0.348. The quantitative estimate of drug-likeness (QED) is 0.620. The second-order valence-corrected chi connectivity index (χ2v) is 2.05. The molecule has 0 saturated carbocycles. The molecule has 1 N–H and O–H groups in total. The number of nitroso groups, excluding NO2 is 1. The van der Waals surface area contributed by atoms with Crippen LogP contribution < -0.4 is 0 Å². The molecule has 5 heteroatoms. The van der Waals surface area contributed by atoms with Crippen LogP contribution in [0.5, 0.6) is 0 Å². The Labute approximate surface area is 61.5 Å². The average Bonchev–Trinajstić information content (AvgIpc) is 2.47. The fraction of sp³-hybridized carbons (Fsp3) is 0. The Kier molecular flexibility index (Phi) is 1.15. The van der Waals surface area contributed by atoms with Crippen LogP contribution in [-0.2, 0) is 0 Å². The number of fused-ring (bicyclic) bond motifs is 1. The van der Waals surface area contributed by atoms with Gasteiger partial charge in [0.2, 0.25) is 0 Å². The highest BCUT2D eigenvalue weighted by molar-refractivity contribution is 5.86. The zero-order valence-electron chi connectivity index (χ0n) is 5.48. The number of hydrogen-bond donors (Lipinski definition) is 1. The van der Waals surface area contributed by atoms with Gasteiger partial charge in [-0.2, -0.15) is 0 Å². The Bertz CT molecular complexity index is 394. The second kappa shape index (κ2) is 2.12. The summed E-state index contributed by atoms with van der Waals surface area (Å²) in [7, 11) is 0. The third kappa shape index (κ3) is 0.778. The van der Waals surface area contributed by atoms with Crippen LogP contribution in [0.2, 0.25) is 0 Å². The van der Waals surface area contributed by atoms with Gasteiger partial charge in [0.25, 0.3) is 0 Å². The predicted octanol–water partition coefficient (Wildman–Crippen LogP) is 1.36. The molecule has 54 valence electrons. The van der Waals surface area contributed by atoms with Crippen molar-refractivity contribution in [2.45, 2.75) is 0 Å². The monoisotopic (exact) mass is 148 g/mol. The molecule has 11 heavy (non-hydrogen) atoms. The van der Waals surface area contributed by atoms with Crippen LogP contribution in [0.4, 0.5) is 5.69 Å². The molecule has 0 fully saturated rings. The van der Waals surface area contributed by atoms with Gasteiger partial charge in [0.15, 0.2) is 0 Å². The van der Waals surface area contributed by atoms with Crippen molar-refractivity contribution in [3.05, 3.63) is 23.6 Å². The van der Waals surface area contributed by atoms with E-state index >= 15 is 0 Å². The van der Waals surface area contributed by atoms with Crippen LogP contribution in [0.1, 0.15) is 0 Å². The molecule has 0 saturated heterocycles. The first-order valence-corrected chi connectivity index (χ1v) is 3.02. The summed E-state index contributed by atoms with van der Waals surface area (Å²) in [5, 5.41) is 3.45. The van der Waals surface area contributed by atoms with Crippen LogP contribution in [0.15, 0.2) is 23.9 Å². The lowest BCUT2D eigenvalue weighted by Crippen LogP contribution is -1.75. The lowest BCUT2D eigenvalue weighted by Gasteiger charge is -1.84. The lowest BCUT2D eigenvalue weighted by atomic mass is 10.4. The topological polar surface area (TPSA) is 71.0 Å². The molecule has 0 bridgehead atoms. The van der Waals surface area contributed by atoms with Gasteiger partial charge in [-0.15, -0.1) is 4.91 Å². The first kappa shape index (κ1) is 5.96. The van der Waals surface area contributed by atoms with E-state index in [-0.39, 0.29) is 0 Å². The molecule has 5 nitrogen and oxygen atoms in total. The van der Waals surface area contributed by atoms with Crippen LogP contribution in [0, 0.1) is 4.91 Å². The summed E-state index contributed by atoms with van der Waals surface area (Å²) in [4.78, 5) is 20.6. The summed E-state index contributed by atoms with van der Waals surface area (Å²) in [6.07, 6.45) is 4.47. The van der Waals surface area contributed by atoms with Crippen molar-refractivity contribution in [3.8, 4) is 0 Å². The van der Waals surface area contributed by atoms with E-state index < -0.39 is 0 Å². The lowest BCUT2D eigenvalue weighted by molar-refractivity contribution is 1.20. The maximum Gasteiger partial charge on any atom is 0.143 e. The fourth-order valence-electron chi connectivity index (χ4n) is 0.922. The normalized spacial score (nSPS) is 10.2. The molecule has 0 atom stereocenters. The van der Waals surface area contributed by atoms with Crippen LogP contribution in [0.25, 0.3) is 11.0 Å². The van der Waals surface area contributed by atoms with Crippen molar-refractivity contribution >= 4 is 16.7 Å². The molecule has 0 aliphatic heterocycles. The Hall–Kier alpha value is -1.78. The van der Waals surface area contributed by atoms with Gasteiger partial charge in [-0.3, -0.25) is 0 Å². The van der Waals surface area contributed by atoms with Crippen molar-refractivity contribution in [2.75, 3.05) is 0 Å². The van der Waals surface area contributed by atoms with Crippen LogP contribution in [-0.4, -0.2) is 15.0 Å². The molecule has 0 spiro atoms. The van der Waals surface area contributed by atoms with Gasteiger partial charge in [-0.25, -0.2) is 9.97 Å². The maximum absolute atomic E-state index is 10.2. The summed E-state index contributed by atoms with van der Waals surface area (Å²) >= 11 is 0. The van der Waals surface area contributed by atoms with Gasteiger partial charge < -0.3 is 4.98 Å². The molecule has 2 heterocycles. The van der Waals surface area contributed by atoms with E-state index in [1.54, 1.807) is 6.20 Å². The van der Waals surface area contributed by atoms with Gasteiger partial charge in [-0.1, -0.05) is 0 Å². The molecule has 0 amide bonds. The van der Waals surface area contributed by atoms with Gasteiger partial charge in [0.1, 0.15) is 17.7 Å². The summed E-state index contributed by atoms with van der Waals surface area (Å²) in [5.74, 6) is 0. The van der Waals surface area contributed by atoms with Gasteiger partial charge in [0.05, 0.1) is 5.39 Å². The molecule has 2 aromatic rings. The largest absolute Gasteiger partial charge is 0.344 e. The number of nitrogens with zero attached hydrogens (tertiary/aromatic N) is 3. The molecular weight excluding hydrogens is 144 g/mol. The van der Waals surface area contributed by atoms with E-state index in [1.165, 1.54) is 12.5 Å². The highest BCUT2D eigenvalue weighted by Gasteiger charge is 2.02. The Morgan fingerprint density at radius 2 is 2.45 bits per heavy atom. The third-order valence-corrected chi connectivity index (χ3v) is 1.43. The SMILES string of the molecule is O=Nc1c[nH]c2ncncc12. The summed E-state index contributed by atoms with van der Waals surface area (Å²) in [5.41, 5.74) is 0.982. The van der Waals surface area contributed by atoms with E-state index in [0.717, 1.165) is 0 Å². The Balaban J connectivity index is 2.86. The van der Waals surface area contributed by atoms with Gasteiger partial charge >= 0.3 is 0 Å². The first-order chi connectivity index (χ1) is 5.42. The number of nitrogens with one attached hydrogen (secondary N) is 1. The standard InChI is InChI=1S/C6H4N4O/c11-10-5-2-8-6-4(5)1-7-3-9-6/h1-3H,(H,7,8,9). The van der Waals surface area contributed by atoms with Crippen LogP contribution in [0.3, 0.4) is 0 Å². The molecule has 0 unspecified atom stereocenters. The molecule has 2 rings (SSSR count). The highest BCUT2D eigenvalue weighted by Crippen LogP contribution is 2.21. The number of aromatic amines is 1. The van der Waals surface area contributed by atoms with Crippen LogP contribution >= 0.6 is 0 Å². The average molecular weight is 148 g/mol. The number of H-pyrrole nitrogens is 1. The number of rotatable bonds is 1. The third-order valence-electron chi connectivity index (χ3n) is 1.43. The van der Waals surface area contributed by atoms with E-state index in [4.69, 9.17) is 0 Å². The maximum atomic E-state index is 10.2. The Morgan fingerprint density at radius 3 is 3.27 bits per heavy atom. The smallest absolute Gasteiger partial charge is 0.143 e. The van der Waals surface area contributed by atoms with Gasteiger partial charge in [0, 0.05) is 12.4 Å². The number of aromatic nitrogens is 3. The van der Waals surface area contributed by atoms with Crippen molar-refractivity contribution in [1.29, 1.82) is 0 Å². The fourth-order valence-corrected chi connectivity index (χ4v) is 0.922. The molecule has 0 radical (unpaired) electrons. The predicted molar refractivity (Wildman–Crippen MR) is 39.3 cm³/mol. The molecular formula is C6H4N4O. The van der Waals surface area contributed by atoms with Gasteiger partial charge in [-0.05, 0) is 5.18 Å². The van der Waals surface area contributed by atoms with E-state index in [9.17, 15) is 4.91 Å². The Morgan fingerprint density at radius 1 is 1.55 bits per heavy atom. The summed E-state index contributed by atoms with van der Waals surface area (Å²) < 4.78 is 0.